The summed E-state index contributed by atoms with van der Waals surface area (Å²) in [4.78, 5) is 23.9. The Morgan fingerprint density at radius 3 is 2.72 bits per heavy atom. The van der Waals surface area contributed by atoms with Crippen LogP contribution in [0.15, 0.2) is 52.3 Å². The molecular formula is C31H33IN6O. The molecule has 7 rings (SSSR count). The molecule has 8 heteroatoms. The molecule has 39 heavy (non-hydrogen) atoms. The number of nitrogens with zero attached hydrogens (tertiary/aromatic N) is 3. The molecule has 0 bridgehead atoms. The van der Waals surface area contributed by atoms with Crippen molar-refractivity contribution in [3.8, 4) is 11.5 Å². The number of para-hydroxylation sites is 1. The van der Waals surface area contributed by atoms with E-state index in [0.29, 0.717) is 0 Å². The van der Waals surface area contributed by atoms with Gasteiger partial charge in [0.1, 0.15) is 11.2 Å². The predicted molar refractivity (Wildman–Crippen MR) is 168 cm³/mol. The fourth-order valence-corrected chi connectivity index (χ4v) is 7.94. The molecule has 0 radical (unpaired) electrons. The average Bonchev–Trinajstić information content (AvgIpc) is 3.62. The van der Waals surface area contributed by atoms with E-state index in [9.17, 15) is 4.79 Å². The van der Waals surface area contributed by atoms with Crippen LogP contribution in [-0.2, 0) is 4.79 Å². The van der Waals surface area contributed by atoms with E-state index < -0.39 is 0 Å². The van der Waals surface area contributed by atoms with Crippen molar-refractivity contribution >= 4 is 63.8 Å². The molecule has 1 saturated heterocycles. The van der Waals surface area contributed by atoms with Gasteiger partial charge in [-0.15, -0.1) is 0 Å². The number of aromatic amines is 2. The fraction of sp³-hybridized carbons (Fsp3) is 0.355. The molecule has 0 unspecified atom stereocenters. The molecule has 200 valence electrons. The molecule has 2 fully saturated rings. The van der Waals surface area contributed by atoms with E-state index in [4.69, 9.17) is 4.98 Å². The summed E-state index contributed by atoms with van der Waals surface area (Å²) in [7, 11) is 0. The minimum absolute atomic E-state index is 0.157. The van der Waals surface area contributed by atoms with Crippen LogP contribution in [0.5, 0.6) is 0 Å². The standard InChI is InChI=1S/C31H33IN6O/c39-31(20-8-3-1-4-9-20)33-23-16-22(18-32-19-23)21-12-13-25-24(17-21)28(37-36-25)30-34-26-10-7-11-27(29(26)35-30)38-14-5-2-6-15-38/h7,10-13,16-20H,1-6,8-9,14-15H2,(H,33,39)(H,34,35)(H,36,37). The smallest absolute Gasteiger partial charge is 0.227 e. The second-order valence-electron chi connectivity index (χ2n) is 10.9. The third-order valence-corrected chi connectivity index (χ3v) is 10.3. The van der Waals surface area contributed by atoms with Crippen molar-refractivity contribution in [1.82, 2.24) is 25.5 Å². The summed E-state index contributed by atoms with van der Waals surface area (Å²) in [5.74, 6) is 1.13. The van der Waals surface area contributed by atoms with Crippen molar-refractivity contribution in [2.75, 3.05) is 18.0 Å². The van der Waals surface area contributed by atoms with E-state index >= 15 is 0 Å². The van der Waals surface area contributed by atoms with Crippen LogP contribution < -0.4 is 10.2 Å². The van der Waals surface area contributed by atoms with Gasteiger partial charge < -0.3 is 15.2 Å². The molecule has 4 aromatic rings. The Hall–Kier alpha value is -3.27. The van der Waals surface area contributed by atoms with Crippen molar-refractivity contribution in [3.63, 3.8) is 0 Å². The van der Waals surface area contributed by atoms with E-state index in [-0.39, 0.29) is 32.6 Å². The van der Waals surface area contributed by atoms with Crippen LogP contribution in [0.1, 0.15) is 56.9 Å². The van der Waals surface area contributed by atoms with Crippen LogP contribution >= 0.6 is 20.7 Å². The Bertz CT molecular complexity index is 1630. The quantitative estimate of drug-likeness (QED) is 0.211. The van der Waals surface area contributed by atoms with E-state index in [1.165, 1.54) is 31.4 Å². The third kappa shape index (κ3) is 4.95. The van der Waals surface area contributed by atoms with Gasteiger partial charge >= 0.3 is 0 Å². The molecule has 2 aromatic heterocycles. The first-order valence-corrected chi connectivity index (χ1v) is 16.6. The number of halogens is 1. The first kappa shape index (κ1) is 24.7. The topological polar surface area (TPSA) is 89.7 Å². The van der Waals surface area contributed by atoms with Gasteiger partial charge in [-0.25, -0.2) is 4.98 Å². The summed E-state index contributed by atoms with van der Waals surface area (Å²) in [6, 6.07) is 12.8. The minimum Gasteiger partial charge on any atom is -0.370 e. The van der Waals surface area contributed by atoms with Crippen LogP contribution in [0.4, 0.5) is 5.69 Å². The Morgan fingerprint density at radius 1 is 1.00 bits per heavy atom. The van der Waals surface area contributed by atoms with Crippen molar-refractivity contribution < 1.29 is 4.79 Å². The first-order valence-electron chi connectivity index (χ1n) is 14.1. The largest absolute Gasteiger partial charge is 0.370 e. The molecule has 3 aliphatic rings. The van der Waals surface area contributed by atoms with Gasteiger partial charge in [0, 0.05) is 30.1 Å². The first-order chi connectivity index (χ1) is 19.2. The van der Waals surface area contributed by atoms with Crippen LogP contribution in [0.2, 0.25) is 0 Å². The minimum atomic E-state index is -0.269. The van der Waals surface area contributed by atoms with Gasteiger partial charge in [0.15, 0.2) is 5.82 Å². The molecule has 0 spiro atoms. The Balaban J connectivity index is 1.19. The Morgan fingerprint density at radius 2 is 1.85 bits per heavy atom. The van der Waals surface area contributed by atoms with E-state index in [2.05, 4.69) is 76.0 Å². The number of amides is 1. The van der Waals surface area contributed by atoms with Crippen LogP contribution in [-0.4, -0.2) is 43.2 Å². The number of H-pyrrole nitrogens is 2. The fourth-order valence-electron chi connectivity index (χ4n) is 6.11. The number of carbonyl (C=O) groups excluding carboxylic acids is 1. The number of rotatable bonds is 5. The maximum Gasteiger partial charge on any atom is 0.227 e. The third-order valence-electron chi connectivity index (χ3n) is 8.22. The van der Waals surface area contributed by atoms with Crippen LogP contribution in [0, 0.1) is 5.92 Å². The van der Waals surface area contributed by atoms with Gasteiger partial charge in [0.05, 0.1) is 16.7 Å². The second kappa shape index (κ2) is 10.7. The SMILES string of the molecule is O=C(NC1=CC(c2ccc3[nH]nc(-c4nc5c(N6CCCCC6)cccc5[nH]4)c3c2)=CI=C1)C1CCCCC1. The molecular weight excluding hydrogens is 599 g/mol. The van der Waals surface area contributed by atoms with Gasteiger partial charge in [-0.3, -0.25) is 9.89 Å². The maximum atomic E-state index is 12.8. The molecule has 1 aliphatic carbocycles. The van der Waals surface area contributed by atoms with Gasteiger partial charge in [-0.05, 0) is 81.7 Å². The lowest BCUT2D eigenvalue weighted by Gasteiger charge is -2.28. The number of allylic oxidation sites excluding steroid dienone is 3. The number of piperidine rings is 1. The summed E-state index contributed by atoms with van der Waals surface area (Å²) >= 11 is -0.269. The lowest BCUT2D eigenvalue weighted by atomic mass is 9.88. The highest BCUT2D eigenvalue weighted by Crippen LogP contribution is 2.34. The average molecular weight is 633 g/mol. The molecule has 1 amide bonds. The predicted octanol–water partition coefficient (Wildman–Crippen LogP) is 6.80. The number of fused-ring (bicyclic) bond motifs is 2. The zero-order chi connectivity index (χ0) is 26.2. The highest BCUT2D eigenvalue weighted by molar-refractivity contribution is 14.2. The van der Waals surface area contributed by atoms with Crippen molar-refractivity contribution in [1.29, 1.82) is 0 Å². The second-order valence-corrected chi connectivity index (χ2v) is 12.8. The Labute approximate surface area is 237 Å². The number of hydrogen-bond donors (Lipinski definition) is 3. The summed E-state index contributed by atoms with van der Waals surface area (Å²) in [5.41, 5.74) is 8.32. The zero-order valence-corrected chi connectivity index (χ0v) is 24.1. The number of anilines is 1. The number of hydrogen-bond acceptors (Lipinski definition) is 4. The van der Waals surface area contributed by atoms with Crippen molar-refractivity contribution in [2.45, 2.75) is 51.4 Å². The lowest BCUT2D eigenvalue weighted by molar-refractivity contribution is -0.125. The molecule has 3 N–H and O–H groups in total. The summed E-state index contributed by atoms with van der Waals surface area (Å²) in [6.07, 6.45) is 11.5. The molecule has 1 saturated carbocycles. The Kier molecular flexibility index (Phi) is 6.80. The summed E-state index contributed by atoms with van der Waals surface area (Å²) < 4.78 is 4.53. The van der Waals surface area contributed by atoms with Gasteiger partial charge in [-0.1, -0.05) is 52.1 Å². The number of nitrogens with one attached hydrogen (secondary N) is 3. The van der Waals surface area contributed by atoms with Gasteiger partial charge in [-0.2, -0.15) is 5.10 Å². The van der Waals surface area contributed by atoms with Crippen molar-refractivity contribution in [3.05, 3.63) is 57.8 Å². The molecule has 2 aliphatic heterocycles. The highest BCUT2D eigenvalue weighted by Gasteiger charge is 2.22. The molecule has 2 aromatic carbocycles. The monoisotopic (exact) mass is 632 g/mol. The van der Waals surface area contributed by atoms with E-state index in [1.54, 1.807) is 0 Å². The number of aromatic nitrogens is 4. The summed E-state index contributed by atoms with van der Waals surface area (Å²) in [5, 5.41) is 12.1. The van der Waals surface area contributed by atoms with E-state index in [0.717, 1.165) is 89.1 Å². The lowest BCUT2D eigenvalue weighted by Crippen LogP contribution is -2.31. The number of benzene rings is 2. The maximum absolute atomic E-state index is 12.8. The normalized spacial score (nSPS) is 18.6. The van der Waals surface area contributed by atoms with Gasteiger partial charge in [0.2, 0.25) is 5.91 Å². The van der Waals surface area contributed by atoms with Crippen LogP contribution in [0.25, 0.3) is 39.0 Å². The summed E-state index contributed by atoms with van der Waals surface area (Å²) in [6.45, 7) is 2.17. The highest BCUT2D eigenvalue weighted by atomic mass is 127. The molecule has 4 heterocycles. The van der Waals surface area contributed by atoms with E-state index in [1.807, 2.05) is 0 Å². The number of carbonyl (C=O) groups is 1. The number of imidazole rings is 1. The van der Waals surface area contributed by atoms with Crippen molar-refractivity contribution in [2.24, 2.45) is 5.92 Å². The van der Waals surface area contributed by atoms with Gasteiger partial charge in [0.25, 0.3) is 0 Å². The molecule has 7 nitrogen and oxygen atoms in total. The zero-order valence-electron chi connectivity index (χ0n) is 22.0. The molecule has 0 atom stereocenters. The van der Waals surface area contributed by atoms with Crippen LogP contribution in [0.3, 0.4) is 0 Å².